The van der Waals surface area contributed by atoms with Crippen molar-refractivity contribution in [2.45, 2.75) is 52.4 Å². The SMILES string of the molecule is CC(C)OC(=O)NN(C(=O)OC(C)C)C1CNc2ccccc2C1. The summed E-state index contributed by atoms with van der Waals surface area (Å²) < 4.78 is 10.3. The van der Waals surface area contributed by atoms with Crippen molar-refractivity contribution in [2.24, 2.45) is 0 Å². The van der Waals surface area contributed by atoms with E-state index in [-0.39, 0.29) is 18.2 Å². The molecule has 2 rings (SSSR count). The fourth-order valence-corrected chi connectivity index (χ4v) is 2.49. The summed E-state index contributed by atoms with van der Waals surface area (Å²) in [6, 6.07) is 7.61. The zero-order valence-corrected chi connectivity index (χ0v) is 14.5. The zero-order valence-electron chi connectivity index (χ0n) is 14.5. The maximum Gasteiger partial charge on any atom is 0.429 e. The predicted molar refractivity (Wildman–Crippen MR) is 90.6 cm³/mol. The van der Waals surface area contributed by atoms with E-state index >= 15 is 0 Å². The van der Waals surface area contributed by atoms with E-state index < -0.39 is 12.2 Å². The van der Waals surface area contributed by atoms with E-state index in [9.17, 15) is 9.59 Å². The first-order valence-electron chi connectivity index (χ1n) is 8.15. The first-order valence-corrected chi connectivity index (χ1v) is 8.15. The van der Waals surface area contributed by atoms with Gasteiger partial charge in [-0.2, -0.15) is 0 Å². The lowest BCUT2D eigenvalue weighted by Gasteiger charge is -2.35. The van der Waals surface area contributed by atoms with Crippen LogP contribution in [0.2, 0.25) is 0 Å². The van der Waals surface area contributed by atoms with Crippen LogP contribution in [0.1, 0.15) is 33.3 Å². The second kappa shape index (κ2) is 7.90. The molecule has 1 aliphatic rings. The number of rotatable bonds is 3. The minimum Gasteiger partial charge on any atom is -0.446 e. The van der Waals surface area contributed by atoms with Crippen molar-refractivity contribution in [3.63, 3.8) is 0 Å². The summed E-state index contributed by atoms with van der Waals surface area (Å²) in [5.74, 6) is 0. The first kappa shape index (κ1) is 17.9. The van der Waals surface area contributed by atoms with E-state index in [1.807, 2.05) is 24.3 Å². The minimum absolute atomic E-state index is 0.272. The number of ether oxygens (including phenoxy) is 2. The minimum atomic E-state index is -0.676. The summed E-state index contributed by atoms with van der Waals surface area (Å²) in [4.78, 5) is 24.3. The number of amides is 2. The van der Waals surface area contributed by atoms with Gasteiger partial charge in [0.1, 0.15) is 0 Å². The lowest BCUT2D eigenvalue weighted by molar-refractivity contribution is 0.0327. The molecular weight excluding hydrogens is 310 g/mol. The Kier molecular flexibility index (Phi) is 5.89. The maximum atomic E-state index is 12.4. The van der Waals surface area contributed by atoms with Gasteiger partial charge in [-0.05, 0) is 45.7 Å². The average molecular weight is 335 g/mol. The molecule has 1 heterocycles. The molecule has 0 aliphatic carbocycles. The first-order chi connectivity index (χ1) is 11.4. The molecule has 0 radical (unpaired) electrons. The maximum absolute atomic E-state index is 12.4. The number of anilines is 1. The van der Waals surface area contributed by atoms with E-state index in [1.165, 1.54) is 5.01 Å². The lowest BCUT2D eigenvalue weighted by Crippen LogP contribution is -2.56. The van der Waals surface area contributed by atoms with Crippen molar-refractivity contribution in [2.75, 3.05) is 11.9 Å². The number of hydrazine groups is 1. The molecule has 24 heavy (non-hydrogen) atoms. The highest BCUT2D eigenvalue weighted by Gasteiger charge is 2.31. The number of para-hydroxylation sites is 1. The van der Waals surface area contributed by atoms with Crippen LogP contribution in [0.3, 0.4) is 0 Å². The van der Waals surface area contributed by atoms with Crippen LogP contribution >= 0.6 is 0 Å². The molecule has 0 bridgehead atoms. The largest absolute Gasteiger partial charge is 0.446 e. The van der Waals surface area contributed by atoms with Gasteiger partial charge in [0, 0.05) is 12.2 Å². The molecule has 7 heteroatoms. The third-order valence-corrected chi connectivity index (χ3v) is 3.45. The topological polar surface area (TPSA) is 79.9 Å². The van der Waals surface area contributed by atoms with Crippen LogP contribution in [0.4, 0.5) is 15.3 Å². The van der Waals surface area contributed by atoms with Crippen LogP contribution in [0, 0.1) is 0 Å². The molecule has 0 fully saturated rings. The van der Waals surface area contributed by atoms with Crippen molar-refractivity contribution in [1.82, 2.24) is 10.4 Å². The highest BCUT2D eigenvalue weighted by atomic mass is 16.6. The van der Waals surface area contributed by atoms with Gasteiger partial charge >= 0.3 is 12.2 Å². The van der Waals surface area contributed by atoms with Crippen molar-refractivity contribution in [3.8, 4) is 0 Å². The predicted octanol–water partition coefficient (Wildman–Crippen LogP) is 2.92. The quantitative estimate of drug-likeness (QED) is 0.830. The third kappa shape index (κ3) is 4.78. The summed E-state index contributed by atoms with van der Waals surface area (Å²) in [5, 5.41) is 4.49. The van der Waals surface area contributed by atoms with Crippen molar-refractivity contribution in [1.29, 1.82) is 0 Å². The summed E-state index contributed by atoms with van der Waals surface area (Å²) >= 11 is 0. The highest BCUT2D eigenvalue weighted by molar-refractivity contribution is 5.74. The molecule has 0 spiro atoms. The molecule has 0 aromatic heterocycles. The molecule has 0 saturated heterocycles. The molecule has 2 amide bonds. The average Bonchev–Trinajstić information content (AvgIpc) is 2.50. The van der Waals surface area contributed by atoms with Crippen LogP contribution in [0.15, 0.2) is 24.3 Å². The van der Waals surface area contributed by atoms with Gasteiger partial charge in [-0.1, -0.05) is 18.2 Å². The van der Waals surface area contributed by atoms with E-state index in [2.05, 4.69) is 10.7 Å². The second-order valence-electron chi connectivity index (χ2n) is 6.26. The van der Waals surface area contributed by atoms with Crippen molar-refractivity contribution in [3.05, 3.63) is 29.8 Å². The van der Waals surface area contributed by atoms with Gasteiger partial charge in [-0.15, -0.1) is 0 Å². The molecule has 1 aromatic carbocycles. The summed E-state index contributed by atoms with van der Waals surface area (Å²) in [6.45, 7) is 7.52. The van der Waals surface area contributed by atoms with Crippen molar-refractivity contribution < 1.29 is 19.1 Å². The van der Waals surface area contributed by atoms with Gasteiger partial charge in [0.15, 0.2) is 0 Å². The molecule has 1 aliphatic heterocycles. The van der Waals surface area contributed by atoms with Crippen molar-refractivity contribution >= 4 is 17.9 Å². The third-order valence-electron chi connectivity index (χ3n) is 3.45. The van der Waals surface area contributed by atoms with Gasteiger partial charge in [-0.25, -0.2) is 20.0 Å². The number of nitrogens with zero attached hydrogens (tertiary/aromatic N) is 1. The Bertz CT molecular complexity index is 589. The Labute approximate surface area is 142 Å². The molecule has 1 unspecified atom stereocenters. The van der Waals surface area contributed by atoms with Crippen LogP contribution in [0.25, 0.3) is 0 Å². The van der Waals surface area contributed by atoms with Crippen LogP contribution in [-0.4, -0.2) is 42.0 Å². The molecular formula is C17H25N3O4. The standard InChI is InChI=1S/C17H25N3O4/c1-11(2)23-16(21)19-20(17(22)24-12(3)4)14-9-13-7-5-6-8-15(13)18-10-14/h5-8,11-12,14,18H,9-10H2,1-4H3,(H,19,21). The van der Waals surface area contributed by atoms with Crippen LogP contribution in [-0.2, 0) is 15.9 Å². The number of benzene rings is 1. The number of carbonyl (C=O) groups excluding carboxylic acids is 2. The van der Waals surface area contributed by atoms with E-state index in [0.29, 0.717) is 13.0 Å². The summed E-state index contributed by atoms with van der Waals surface area (Å²) in [6.07, 6.45) is -1.23. The van der Waals surface area contributed by atoms with Gasteiger partial charge in [0.2, 0.25) is 0 Å². The molecule has 1 atom stereocenters. The second-order valence-corrected chi connectivity index (χ2v) is 6.26. The number of fused-ring (bicyclic) bond motifs is 1. The van der Waals surface area contributed by atoms with Gasteiger partial charge < -0.3 is 14.8 Å². The monoisotopic (exact) mass is 335 g/mol. The normalized spacial score (nSPS) is 16.2. The Morgan fingerprint density at radius 3 is 2.50 bits per heavy atom. The number of hydrogen-bond donors (Lipinski definition) is 2. The zero-order chi connectivity index (χ0) is 17.7. The Morgan fingerprint density at radius 1 is 1.17 bits per heavy atom. The molecule has 0 saturated carbocycles. The van der Waals surface area contributed by atoms with Gasteiger partial charge in [-0.3, -0.25) is 0 Å². The van der Waals surface area contributed by atoms with E-state index in [1.54, 1.807) is 27.7 Å². The smallest absolute Gasteiger partial charge is 0.429 e. The number of carbonyl (C=O) groups is 2. The van der Waals surface area contributed by atoms with Gasteiger partial charge in [0.05, 0.1) is 18.2 Å². The molecule has 1 aromatic rings. The molecule has 7 nitrogen and oxygen atoms in total. The Balaban J connectivity index is 2.13. The Morgan fingerprint density at radius 2 is 1.83 bits per heavy atom. The number of hydrogen-bond acceptors (Lipinski definition) is 5. The summed E-state index contributed by atoms with van der Waals surface area (Å²) in [5.41, 5.74) is 4.63. The number of nitrogens with one attached hydrogen (secondary N) is 2. The summed E-state index contributed by atoms with van der Waals surface area (Å²) in [7, 11) is 0. The fourth-order valence-electron chi connectivity index (χ4n) is 2.49. The van der Waals surface area contributed by atoms with E-state index in [4.69, 9.17) is 9.47 Å². The molecule has 2 N–H and O–H groups in total. The lowest BCUT2D eigenvalue weighted by atomic mass is 9.99. The highest BCUT2D eigenvalue weighted by Crippen LogP contribution is 2.23. The van der Waals surface area contributed by atoms with Gasteiger partial charge in [0.25, 0.3) is 0 Å². The Hall–Kier alpha value is -2.44. The van der Waals surface area contributed by atoms with E-state index in [0.717, 1.165) is 11.3 Å². The fraction of sp³-hybridized carbons (Fsp3) is 0.529. The molecule has 132 valence electrons. The van der Waals surface area contributed by atoms with Crippen LogP contribution in [0.5, 0.6) is 0 Å². The van der Waals surface area contributed by atoms with Crippen LogP contribution < -0.4 is 10.7 Å².